The Hall–Kier alpha value is -0.140. The first-order valence-corrected chi connectivity index (χ1v) is 4.29. The lowest BCUT2D eigenvalue weighted by molar-refractivity contribution is 1.46. The van der Waals surface area contributed by atoms with E-state index in [-0.39, 0.29) is 0 Å². The fraction of sp³-hybridized carbons (Fsp3) is 0.125. The van der Waals surface area contributed by atoms with Crippen molar-refractivity contribution in [2.45, 2.75) is 11.8 Å². The molecule has 1 rings (SSSR count). The summed E-state index contributed by atoms with van der Waals surface area (Å²) in [7, 11) is 0. The Morgan fingerprint density at radius 1 is 1.50 bits per heavy atom. The average Bonchev–Trinajstić information content (AvgIpc) is 1.88. The smallest absolute Gasteiger partial charge is 0.0417 e. The van der Waals surface area contributed by atoms with Crippen molar-refractivity contribution in [3.8, 4) is 0 Å². The molecule has 0 unspecified atom stereocenters. The van der Waals surface area contributed by atoms with Crippen LogP contribution in [0.4, 0.5) is 0 Å². The predicted octanol–water partition coefficient (Wildman–Crippen LogP) is 3.61. The molecule has 0 N–H and O–H groups in total. The Morgan fingerprint density at radius 3 is 2.90 bits per heavy atom. The zero-order valence-corrected chi connectivity index (χ0v) is 7.25. The van der Waals surface area contributed by atoms with E-state index in [1.54, 1.807) is 11.8 Å². The van der Waals surface area contributed by atoms with Gasteiger partial charge in [0, 0.05) is 15.7 Å². The summed E-state index contributed by atoms with van der Waals surface area (Å²) in [5, 5.41) is 0.798. The van der Waals surface area contributed by atoms with Gasteiger partial charge in [0.25, 0.3) is 0 Å². The molecule has 0 saturated heterocycles. The van der Waals surface area contributed by atoms with Crippen LogP contribution < -0.4 is 0 Å². The molecule has 0 spiro atoms. The fourth-order valence-electron chi connectivity index (χ4n) is 0.676. The molecule has 0 aromatic heterocycles. The highest BCUT2D eigenvalue weighted by Crippen LogP contribution is 2.22. The van der Waals surface area contributed by atoms with Gasteiger partial charge in [-0.15, -0.1) is 11.8 Å². The number of thioether (sulfide) groups is 1. The Balaban J connectivity index is 2.75. The molecule has 1 aromatic rings. The molecule has 0 aliphatic rings. The highest BCUT2D eigenvalue weighted by atomic mass is 35.5. The minimum absolute atomic E-state index is 0.798. The molecule has 0 heterocycles. The molecule has 0 bridgehead atoms. The normalized spacial score (nSPS) is 9.80. The van der Waals surface area contributed by atoms with Gasteiger partial charge in [0.15, 0.2) is 0 Å². The third-order valence-electron chi connectivity index (χ3n) is 1.05. The van der Waals surface area contributed by atoms with E-state index in [4.69, 9.17) is 11.6 Å². The van der Waals surface area contributed by atoms with Gasteiger partial charge in [-0.3, -0.25) is 0 Å². The molecule has 2 heteroatoms. The quantitative estimate of drug-likeness (QED) is 0.613. The van der Waals surface area contributed by atoms with Crippen LogP contribution in [-0.4, -0.2) is 0 Å². The summed E-state index contributed by atoms with van der Waals surface area (Å²) >= 11 is 7.43. The van der Waals surface area contributed by atoms with Gasteiger partial charge in [-0.1, -0.05) is 24.6 Å². The van der Waals surface area contributed by atoms with Crippen LogP contribution in [0.25, 0.3) is 0 Å². The van der Waals surface area contributed by atoms with Crippen molar-refractivity contribution in [1.82, 2.24) is 0 Å². The molecule has 10 heavy (non-hydrogen) atoms. The molecular weight excluding hydrogens is 164 g/mol. The zero-order chi connectivity index (χ0) is 7.40. The molecular formula is C8H8ClS. The Morgan fingerprint density at radius 2 is 2.30 bits per heavy atom. The highest BCUT2D eigenvalue weighted by molar-refractivity contribution is 8.01. The zero-order valence-electron chi connectivity index (χ0n) is 5.67. The second-order valence-corrected chi connectivity index (χ2v) is 3.43. The number of hydrogen-bond acceptors (Lipinski definition) is 1. The van der Waals surface area contributed by atoms with Gasteiger partial charge in [0.2, 0.25) is 0 Å². The molecule has 0 atom stereocenters. The van der Waals surface area contributed by atoms with Gasteiger partial charge >= 0.3 is 0 Å². The average molecular weight is 172 g/mol. The third-order valence-corrected chi connectivity index (χ3v) is 2.05. The van der Waals surface area contributed by atoms with Gasteiger partial charge in [0.05, 0.1) is 0 Å². The van der Waals surface area contributed by atoms with E-state index >= 15 is 0 Å². The van der Waals surface area contributed by atoms with Crippen LogP contribution in [0.1, 0.15) is 6.92 Å². The molecule has 0 aliphatic carbocycles. The Labute approximate surface area is 70.6 Å². The van der Waals surface area contributed by atoms with Crippen molar-refractivity contribution >= 4 is 23.4 Å². The number of hydrogen-bond donors (Lipinski definition) is 0. The molecule has 53 valence electrons. The van der Waals surface area contributed by atoms with Gasteiger partial charge in [-0.05, 0) is 18.2 Å². The number of benzene rings is 1. The van der Waals surface area contributed by atoms with Crippen molar-refractivity contribution in [1.29, 1.82) is 0 Å². The molecule has 0 saturated carbocycles. The monoisotopic (exact) mass is 171 g/mol. The number of halogens is 1. The first-order chi connectivity index (χ1) is 4.83. The van der Waals surface area contributed by atoms with Crippen molar-refractivity contribution in [3.05, 3.63) is 35.0 Å². The Kier molecular flexibility index (Phi) is 3.10. The topological polar surface area (TPSA) is 0 Å². The van der Waals surface area contributed by atoms with Crippen molar-refractivity contribution < 1.29 is 0 Å². The van der Waals surface area contributed by atoms with E-state index in [0.29, 0.717) is 0 Å². The molecule has 0 aliphatic heterocycles. The third kappa shape index (κ3) is 2.24. The maximum absolute atomic E-state index is 5.75. The lowest BCUT2D eigenvalue weighted by Gasteiger charge is -1.96. The molecule has 0 amide bonds. The summed E-state index contributed by atoms with van der Waals surface area (Å²) in [4.78, 5) is 1.19. The maximum Gasteiger partial charge on any atom is 0.0417 e. The van der Waals surface area contributed by atoms with Crippen LogP contribution in [0.5, 0.6) is 0 Å². The Bertz CT molecular complexity index is 210. The van der Waals surface area contributed by atoms with Crippen LogP contribution in [0, 0.1) is 5.75 Å². The van der Waals surface area contributed by atoms with Gasteiger partial charge in [0.1, 0.15) is 0 Å². The predicted molar refractivity (Wildman–Crippen MR) is 47.3 cm³/mol. The number of rotatable bonds is 2. The van der Waals surface area contributed by atoms with E-state index in [9.17, 15) is 0 Å². The second-order valence-electron chi connectivity index (χ2n) is 1.81. The van der Waals surface area contributed by atoms with E-state index < -0.39 is 0 Å². The first-order valence-electron chi connectivity index (χ1n) is 3.03. The second kappa shape index (κ2) is 3.89. The van der Waals surface area contributed by atoms with Crippen LogP contribution in [0.2, 0.25) is 5.02 Å². The van der Waals surface area contributed by atoms with Crippen LogP contribution in [-0.2, 0) is 0 Å². The van der Waals surface area contributed by atoms with Crippen molar-refractivity contribution in [2.24, 2.45) is 0 Å². The fourth-order valence-corrected chi connectivity index (χ4v) is 1.56. The summed E-state index contributed by atoms with van der Waals surface area (Å²) in [6, 6.07) is 7.82. The minimum Gasteiger partial charge on any atom is -0.122 e. The van der Waals surface area contributed by atoms with Crippen molar-refractivity contribution in [3.63, 3.8) is 0 Å². The summed E-state index contributed by atoms with van der Waals surface area (Å²) in [5.74, 6) is 2.03. The summed E-state index contributed by atoms with van der Waals surface area (Å²) in [6.45, 7) is 2.01. The largest absolute Gasteiger partial charge is 0.122 e. The van der Waals surface area contributed by atoms with Crippen LogP contribution in [0.3, 0.4) is 0 Å². The van der Waals surface area contributed by atoms with Gasteiger partial charge in [-0.25, -0.2) is 0 Å². The molecule has 1 radical (unpaired) electrons. The first kappa shape index (κ1) is 7.96. The van der Waals surface area contributed by atoms with Crippen LogP contribution in [0.15, 0.2) is 29.2 Å². The lowest BCUT2D eigenvalue weighted by Crippen LogP contribution is -1.68. The minimum atomic E-state index is 0.798. The molecule has 0 nitrogen and oxygen atoms in total. The highest BCUT2D eigenvalue weighted by Gasteiger charge is 1.91. The maximum atomic E-state index is 5.75. The van der Waals surface area contributed by atoms with E-state index in [1.165, 1.54) is 4.90 Å². The molecule has 0 fully saturated rings. The van der Waals surface area contributed by atoms with E-state index in [2.05, 4.69) is 0 Å². The summed E-state index contributed by atoms with van der Waals surface area (Å²) < 4.78 is 0. The van der Waals surface area contributed by atoms with Crippen molar-refractivity contribution in [2.75, 3.05) is 0 Å². The standard InChI is InChI=1S/C8H8ClS/c1-2-10-8-5-3-4-7(9)6-8/h2-6H,1H3. The van der Waals surface area contributed by atoms with Gasteiger partial charge in [-0.2, -0.15) is 0 Å². The van der Waals surface area contributed by atoms with Gasteiger partial charge < -0.3 is 0 Å². The summed E-state index contributed by atoms with van der Waals surface area (Å²) in [6.07, 6.45) is 0. The lowest BCUT2D eigenvalue weighted by atomic mass is 10.4. The van der Waals surface area contributed by atoms with E-state index in [0.717, 1.165) is 5.02 Å². The molecule has 1 aromatic carbocycles. The van der Waals surface area contributed by atoms with E-state index in [1.807, 2.05) is 36.9 Å². The SMILES string of the molecule is C[CH]Sc1cccc(Cl)c1. The summed E-state index contributed by atoms with van der Waals surface area (Å²) in [5.41, 5.74) is 0. The van der Waals surface area contributed by atoms with Crippen LogP contribution >= 0.6 is 23.4 Å².